The molecular formula is C21H21NO5S. The molecule has 2 aromatic heterocycles. The molecule has 0 saturated heterocycles. The quantitative estimate of drug-likeness (QED) is 0.556. The number of rotatable bonds is 7. The second-order valence-electron chi connectivity index (χ2n) is 6.06. The molecule has 0 unspecified atom stereocenters. The zero-order valence-corrected chi connectivity index (χ0v) is 16.7. The molecule has 1 aromatic carbocycles. The summed E-state index contributed by atoms with van der Waals surface area (Å²) in [7, 11) is 1.60. The standard InChI is InChI=1S/C21H21NO5S/c1-4-10-27-21(24)18-17(14-5-7-15(25-3)8-6-14)12-28-20(18)22-19(23)16-9-11-26-13(16)2/h5-9,11-12H,4,10H2,1-3H3,(H,22,23). The maximum absolute atomic E-state index is 12.7. The van der Waals surface area contributed by atoms with Gasteiger partial charge in [-0.15, -0.1) is 11.3 Å². The SMILES string of the molecule is CCCOC(=O)c1c(-c2ccc(OC)cc2)csc1NC(=O)c1ccoc1C. The summed E-state index contributed by atoms with van der Waals surface area (Å²) in [6, 6.07) is 8.97. The molecule has 0 radical (unpaired) electrons. The molecule has 0 aliphatic rings. The minimum absolute atomic E-state index is 0.310. The third-order valence-corrected chi connectivity index (χ3v) is 5.06. The predicted molar refractivity (Wildman–Crippen MR) is 108 cm³/mol. The summed E-state index contributed by atoms with van der Waals surface area (Å²) in [5.41, 5.74) is 2.30. The van der Waals surface area contributed by atoms with E-state index < -0.39 is 5.97 Å². The summed E-state index contributed by atoms with van der Waals surface area (Å²) in [4.78, 5) is 25.3. The van der Waals surface area contributed by atoms with E-state index >= 15 is 0 Å². The Kier molecular flexibility index (Phi) is 6.16. The zero-order valence-electron chi connectivity index (χ0n) is 15.9. The van der Waals surface area contributed by atoms with Gasteiger partial charge in [0, 0.05) is 10.9 Å². The molecule has 0 aliphatic heterocycles. The van der Waals surface area contributed by atoms with Crippen LogP contribution in [-0.2, 0) is 4.74 Å². The Bertz CT molecular complexity index is 971. The average molecular weight is 399 g/mol. The molecule has 1 amide bonds. The lowest BCUT2D eigenvalue weighted by molar-refractivity contribution is 0.0508. The van der Waals surface area contributed by atoms with Crippen LogP contribution in [0.15, 0.2) is 46.4 Å². The molecule has 3 aromatic rings. The van der Waals surface area contributed by atoms with Crippen LogP contribution in [0, 0.1) is 6.92 Å². The summed E-state index contributed by atoms with van der Waals surface area (Å²) >= 11 is 1.28. The van der Waals surface area contributed by atoms with Gasteiger partial charge in [-0.3, -0.25) is 4.79 Å². The number of anilines is 1. The van der Waals surface area contributed by atoms with Crippen molar-refractivity contribution < 1.29 is 23.5 Å². The molecule has 6 nitrogen and oxygen atoms in total. The number of amides is 1. The second kappa shape index (κ2) is 8.75. The summed E-state index contributed by atoms with van der Waals surface area (Å²) in [6.07, 6.45) is 2.17. The normalized spacial score (nSPS) is 10.5. The van der Waals surface area contributed by atoms with Crippen molar-refractivity contribution in [1.29, 1.82) is 0 Å². The second-order valence-corrected chi connectivity index (χ2v) is 6.94. The van der Waals surface area contributed by atoms with Crippen molar-refractivity contribution in [3.63, 3.8) is 0 Å². The number of ether oxygens (including phenoxy) is 2. The number of aryl methyl sites for hydroxylation is 1. The first kappa shape index (κ1) is 19.7. The van der Waals surface area contributed by atoms with Crippen molar-refractivity contribution in [2.24, 2.45) is 0 Å². The van der Waals surface area contributed by atoms with Crippen molar-refractivity contribution in [2.75, 3.05) is 19.0 Å². The Morgan fingerprint density at radius 2 is 1.93 bits per heavy atom. The topological polar surface area (TPSA) is 77.8 Å². The van der Waals surface area contributed by atoms with E-state index in [1.165, 1.54) is 17.6 Å². The van der Waals surface area contributed by atoms with Gasteiger partial charge in [0.2, 0.25) is 0 Å². The number of carbonyl (C=O) groups excluding carboxylic acids is 2. The first-order chi connectivity index (χ1) is 13.5. The first-order valence-electron chi connectivity index (χ1n) is 8.83. The van der Waals surface area contributed by atoms with Crippen LogP contribution < -0.4 is 10.1 Å². The van der Waals surface area contributed by atoms with Crippen LogP contribution in [-0.4, -0.2) is 25.6 Å². The molecule has 7 heteroatoms. The number of benzene rings is 1. The van der Waals surface area contributed by atoms with Crippen molar-refractivity contribution in [3.8, 4) is 16.9 Å². The van der Waals surface area contributed by atoms with Gasteiger partial charge in [0.05, 0.1) is 25.5 Å². The number of nitrogens with one attached hydrogen (secondary N) is 1. The molecule has 1 N–H and O–H groups in total. The zero-order chi connectivity index (χ0) is 20.1. The average Bonchev–Trinajstić information content (AvgIpc) is 3.32. The van der Waals surface area contributed by atoms with E-state index in [9.17, 15) is 9.59 Å². The third kappa shape index (κ3) is 4.09. The summed E-state index contributed by atoms with van der Waals surface area (Å²) < 4.78 is 15.7. The fourth-order valence-corrected chi connectivity index (χ4v) is 3.65. The summed E-state index contributed by atoms with van der Waals surface area (Å²) in [5, 5.41) is 5.10. The van der Waals surface area contributed by atoms with E-state index in [2.05, 4.69) is 5.32 Å². The van der Waals surface area contributed by atoms with Crippen LogP contribution in [0.1, 0.15) is 39.8 Å². The van der Waals surface area contributed by atoms with Gasteiger partial charge in [0.25, 0.3) is 5.91 Å². The van der Waals surface area contributed by atoms with Gasteiger partial charge in [0.1, 0.15) is 22.1 Å². The molecule has 0 saturated carbocycles. The van der Waals surface area contributed by atoms with Gasteiger partial charge in [-0.25, -0.2) is 4.79 Å². The summed E-state index contributed by atoms with van der Waals surface area (Å²) in [6.45, 7) is 3.95. The van der Waals surface area contributed by atoms with Crippen LogP contribution in [0.4, 0.5) is 5.00 Å². The monoisotopic (exact) mass is 399 g/mol. The Morgan fingerprint density at radius 1 is 1.18 bits per heavy atom. The van der Waals surface area contributed by atoms with Crippen molar-refractivity contribution in [2.45, 2.75) is 20.3 Å². The molecule has 3 rings (SSSR count). The van der Waals surface area contributed by atoms with Crippen molar-refractivity contribution in [3.05, 3.63) is 58.9 Å². The van der Waals surface area contributed by atoms with Crippen molar-refractivity contribution >= 4 is 28.2 Å². The molecule has 0 fully saturated rings. The molecular weight excluding hydrogens is 378 g/mol. The molecule has 28 heavy (non-hydrogen) atoms. The Balaban J connectivity index is 1.97. The molecule has 146 valence electrons. The van der Waals surface area contributed by atoms with E-state index in [-0.39, 0.29) is 5.91 Å². The van der Waals surface area contributed by atoms with E-state index in [4.69, 9.17) is 13.9 Å². The summed E-state index contributed by atoms with van der Waals surface area (Å²) in [5.74, 6) is 0.435. The fraction of sp³-hybridized carbons (Fsp3) is 0.238. The number of esters is 1. The van der Waals surface area contributed by atoms with Crippen LogP contribution in [0.5, 0.6) is 5.75 Å². The highest BCUT2D eigenvalue weighted by molar-refractivity contribution is 7.15. The molecule has 0 atom stereocenters. The maximum Gasteiger partial charge on any atom is 0.341 e. The number of carbonyl (C=O) groups is 2. The number of hydrogen-bond acceptors (Lipinski definition) is 6. The largest absolute Gasteiger partial charge is 0.497 e. The Hall–Kier alpha value is -3.06. The highest BCUT2D eigenvalue weighted by Crippen LogP contribution is 2.37. The van der Waals surface area contributed by atoms with Gasteiger partial charge in [-0.05, 0) is 37.1 Å². The lowest BCUT2D eigenvalue weighted by atomic mass is 10.0. The fourth-order valence-electron chi connectivity index (χ4n) is 2.69. The predicted octanol–water partition coefficient (Wildman–Crippen LogP) is 5.14. The molecule has 2 heterocycles. The number of hydrogen-bond donors (Lipinski definition) is 1. The molecule has 0 aliphatic carbocycles. The minimum atomic E-state index is -0.465. The highest BCUT2D eigenvalue weighted by atomic mass is 32.1. The lowest BCUT2D eigenvalue weighted by Gasteiger charge is -2.09. The Labute approximate surface area is 167 Å². The van der Waals surface area contributed by atoms with Crippen molar-refractivity contribution in [1.82, 2.24) is 0 Å². The minimum Gasteiger partial charge on any atom is -0.497 e. The van der Waals surface area contributed by atoms with Gasteiger partial charge >= 0.3 is 5.97 Å². The van der Waals surface area contributed by atoms with E-state index in [1.807, 2.05) is 36.6 Å². The lowest BCUT2D eigenvalue weighted by Crippen LogP contribution is -2.15. The van der Waals surface area contributed by atoms with E-state index in [0.29, 0.717) is 40.5 Å². The van der Waals surface area contributed by atoms with Crippen LogP contribution in [0.2, 0.25) is 0 Å². The van der Waals surface area contributed by atoms with E-state index in [1.54, 1.807) is 20.1 Å². The van der Waals surface area contributed by atoms with E-state index in [0.717, 1.165) is 11.3 Å². The van der Waals surface area contributed by atoms with Gasteiger partial charge in [-0.2, -0.15) is 0 Å². The number of furan rings is 1. The highest BCUT2D eigenvalue weighted by Gasteiger charge is 2.24. The van der Waals surface area contributed by atoms with Gasteiger partial charge in [0.15, 0.2) is 0 Å². The molecule has 0 spiro atoms. The maximum atomic E-state index is 12.7. The van der Waals surface area contributed by atoms with Crippen LogP contribution in [0.25, 0.3) is 11.1 Å². The van der Waals surface area contributed by atoms with Gasteiger partial charge < -0.3 is 19.2 Å². The smallest absolute Gasteiger partial charge is 0.341 e. The van der Waals surface area contributed by atoms with Crippen LogP contribution in [0.3, 0.4) is 0 Å². The molecule has 0 bridgehead atoms. The number of thiophene rings is 1. The first-order valence-corrected chi connectivity index (χ1v) is 9.71. The van der Waals surface area contributed by atoms with Gasteiger partial charge in [-0.1, -0.05) is 19.1 Å². The Morgan fingerprint density at radius 3 is 2.54 bits per heavy atom. The van der Waals surface area contributed by atoms with Crippen LogP contribution >= 0.6 is 11.3 Å². The third-order valence-electron chi connectivity index (χ3n) is 4.16. The number of methoxy groups -OCH3 is 1.